The van der Waals surface area contributed by atoms with Gasteiger partial charge in [-0.25, -0.2) is 4.98 Å². The third kappa shape index (κ3) is 4.79. The molecule has 9 nitrogen and oxygen atoms in total. The van der Waals surface area contributed by atoms with Gasteiger partial charge in [0.15, 0.2) is 0 Å². The van der Waals surface area contributed by atoms with Crippen LogP contribution in [0, 0.1) is 16.0 Å². The lowest BCUT2D eigenvalue weighted by Crippen LogP contribution is -2.33. The zero-order valence-electron chi connectivity index (χ0n) is 15.1. The Morgan fingerprint density at radius 3 is 2.69 bits per heavy atom. The molecule has 2 atom stereocenters. The summed E-state index contributed by atoms with van der Waals surface area (Å²) in [5.74, 6) is 1.00. The van der Waals surface area contributed by atoms with Gasteiger partial charge < -0.3 is 20.5 Å². The molecule has 1 saturated carbocycles. The first-order chi connectivity index (χ1) is 12.5. The van der Waals surface area contributed by atoms with Gasteiger partial charge in [-0.15, -0.1) is 0 Å². The first-order valence-corrected chi connectivity index (χ1v) is 9.32. The first kappa shape index (κ1) is 18.8. The van der Waals surface area contributed by atoms with Crippen LogP contribution < -0.4 is 10.6 Å². The van der Waals surface area contributed by atoms with Crippen LogP contribution in [0.2, 0.25) is 0 Å². The molecule has 2 aliphatic rings. The van der Waals surface area contributed by atoms with Gasteiger partial charge in [0, 0.05) is 25.3 Å². The van der Waals surface area contributed by atoms with Crippen molar-refractivity contribution in [3.05, 3.63) is 16.3 Å². The molecule has 0 spiro atoms. The van der Waals surface area contributed by atoms with E-state index in [1.807, 2.05) is 6.92 Å². The molecule has 3 rings (SSSR count). The van der Waals surface area contributed by atoms with Gasteiger partial charge in [-0.3, -0.25) is 10.1 Å². The molecule has 9 heteroatoms. The van der Waals surface area contributed by atoms with E-state index in [0.717, 1.165) is 38.5 Å². The van der Waals surface area contributed by atoms with Gasteiger partial charge in [0.25, 0.3) is 0 Å². The van der Waals surface area contributed by atoms with Crippen LogP contribution in [0.5, 0.6) is 0 Å². The summed E-state index contributed by atoms with van der Waals surface area (Å²) < 4.78 is 5.54. The summed E-state index contributed by atoms with van der Waals surface area (Å²) in [6.45, 7) is 2.92. The minimum absolute atomic E-state index is 0.111. The Hall–Kier alpha value is -2.00. The Balaban J connectivity index is 1.69. The van der Waals surface area contributed by atoms with E-state index in [9.17, 15) is 15.2 Å². The molecule has 1 aliphatic carbocycles. The molecule has 2 fully saturated rings. The van der Waals surface area contributed by atoms with Crippen molar-refractivity contribution in [2.45, 2.75) is 63.6 Å². The van der Waals surface area contributed by atoms with Gasteiger partial charge in [0.05, 0.1) is 11.0 Å². The Labute approximate surface area is 152 Å². The van der Waals surface area contributed by atoms with E-state index in [-0.39, 0.29) is 36.3 Å². The van der Waals surface area contributed by atoms with Crippen molar-refractivity contribution in [1.82, 2.24) is 9.97 Å². The van der Waals surface area contributed by atoms with E-state index >= 15 is 0 Å². The van der Waals surface area contributed by atoms with E-state index < -0.39 is 4.92 Å². The molecular weight excluding hydrogens is 338 g/mol. The summed E-state index contributed by atoms with van der Waals surface area (Å²) in [5, 5.41) is 27.1. The number of hydrogen-bond acceptors (Lipinski definition) is 8. The second-order valence-electron chi connectivity index (χ2n) is 7.28. The predicted octanol–water partition coefficient (Wildman–Crippen LogP) is 2.33. The van der Waals surface area contributed by atoms with Crippen LogP contribution >= 0.6 is 0 Å². The highest BCUT2D eigenvalue weighted by molar-refractivity contribution is 5.57. The Morgan fingerprint density at radius 1 is 1.27 bits per heavy atom. The SMILES string of the molecule is C[C@@H]1C[C@H](Nc2ncc([N+](=O)[O-])c(NC3CCC(CO)CC3)n2)CCO1. The fourth-order valence-electron chi connectivity index (χ4n) is 3.68. The first-order valence-electron chi connectivity index (χ1n) is 9.32. The van der Waals surface area contributed by atoms with E-state index in [1.54, 1.807) is 0 Å². The molecule has 1 aromatic heterocycles. The summed E-state index contributed by atoms with van der Waals surface area (Å²) in [7, 11) is 0. The summed E-state index contributed by atoms with van der Waals surface area (Å²) in [6, 6.07) is 0.329. The van der Waals surface area contributed by atoms with E-state index in [1.165, 1.54) is 6.20 Å². The van der Waals surface area contributed by atoms with Crippen LogP contribution in [-0.2, 0) is 4.74 Å². The van der Waals surface area contributed by atoms with Crippen molar-refractivity contribution in [2.24, 2.45) is 5.92 Å². The minimum Gasteiger partial charge on any atom is -0.396 e. The van der Waals surface area contributed by atoms with Gasteiger partial charge in [0.1, 0.15) is 6.20 Å². The van der Waals surface area contributed by atoms with Crippen molar-refractivity contribution < 1.29 is 14.8 Å². The van der Waals surface area contributed by atoms with Crippen LogP contribution in [0.25, 0.3) is 0 Å². The molecule has 26 heavy (non-hydrogen) atoms. The van der Waals surface area contributed by atoms with Gasteiger partial charge >= 0.3 is 5.69 Å². The number of nitrogens with zero attached hydrogens (tertiary/aromatic N) is 3. The fraction of sp³-hybridized carbons (Fsp3) is 0.765. The maximum absolute atomic E-state index is 11.3. The molecule has 0 aromatic carbocycles. The highest BCUT2D eigenvalue weighted by atomic mass is 16.6. The largest absolute Gasteiger partial charge is 0.396 e. The van der Waals surface area contributed by atoms with Crippen LogP contribution in [0.3, 0.4) is 0 Å². The van der Waals surface area contributed by atoms with Crippen molar-refractivity contribution in [3.8, 4) is 0 Å². The Bertz CT molecular complexity index is 621. The second kappa shape index (κ2) is 8.59. The van der Waals surface area contributed by atoms with Gasteiger partial charge in [0.2, 0.25) is 11.8 Å². The number of anilines is 2. The smallest absolute Gasteiger partial charge is 0.329 e. The van der Waals surface area contributed by atoms with Crippen LogP contribution in [-0.4, -0.2) is 51.4 Å². The molecule has 1 saturated heterocycles. The summed E-state index contributed by atoms with van der Waals surface area (Å²) in [4.78, 5) is 19.4. The Morgan fingerprint density at radius 2 is 2.04 bits per heavy atom. The normalized spacial score (nSPS) is 29.2. The van der Waals surface area contributed by atoms with E-state index in [4.69, 9.17) is 4.74 Å². The lowest BCUT2D eigenvalue weighted by molar-refractivity contribution is -0.384. The van der Waals surface area contributed by atoms with Crippen molar-refractivity contribution in [1.29, 1.82) is 0 Å². The third-order valence-electron chi connectivity index (χ3n) is 5.23. The van der Waals surface area contributed by atoms with Gasteiger partial charge in [-0.2, -0.15) is 4.98 Å². The number of hydrogen-bond donors (Lipinski definition) is 3. The highest BCUT2D eigenvalue weighted by Crippen LogP contribution is 2.29. The zero-order chi connectivity index (χ0) is 18.5. The van der Waals surface area contributed by atoms with Gasteiger partial charge in [-0.05, 0) is 51.4 Å². The van der Waals surface area contributed by atoms with Crippen LogP contribution in [0.1, 0.15) is 45.4 Å². The zero-order valence-corrected chi connectivity index (χ0v) is 15.1. The summed E-state index contributed by atoms with van der Waals surface area (Å²) in [5.41, 5.74) is -0.111. The van der Waals surface area contributed by atoms with Crippen molar-refractivity contribution in [2.75, 3.05) is 23.8 Å². The average Bonchev–Trinajstić information content (AvgIpc) is 2.62. The summed E-state index contributed by atoms with van der Waals surface area (Å²) in [6.07, 6.45) is 6.72. The number of aliphatic hydroxyl groups is 1. The molecule has 0 radical (unpaired) electrons. The van der Waals surface area contributed by atoms with Crippen molar-refractivity contribution in [3.63, 3.8) is 0 Å². The molecule has 0 bridgehead atoms. The average molecular weight is 365 g/mol. The lowest BCUT2D eigenvalue weighted by Gasteiger charge is -2.29. The van der Waals surface area contributed by atoms with Crippen molar-refractivity contribution >= 4 is 17.5 Å². The molecule has 0 amide bonds. The van der Waals surface area contributed by atoms with E-state index in [2.05, 4.69) is 20.6 Å². The molecule has 144 valence electrons. The third-order valence-corrected chi connectivity index (χ3v) is 5.23. The molecule has 3 N–H and O–H groups in total. The molecule has 2 heterocycles. The number of aliphatic hydroxyl groups excluding tert-OH is 1. The second-order valence-corrected chi connectivity index (χ2v) is 7.28. The number of aromatic nitrogens is 2. The van der Waals surface area contributed by atoms with Crippen LogP contribution in [0.4, 0.5) is 17.5 Å². The fourth-order valence-corrected chi connectivity index (χ4v) is 3.68. The quantitative estimate of drug-likeness (QED) is 0.518. The number of rotatable bonds is 6. The van der Waals surface area contributed by atoms with Gasteiger partial charge in [-0.1, -0.05) is 0 Å². The summed E-state index contributed by atoms with van der Waals surface area (Å²) >= 11 is 0. The highest BCUT2D eigenvalue weighted by Gasteiger charge is 2.26. The number of nitro groups is 1. The standard InChI is InChI=1S/C17H27N5O4/c1-11-8-14(6-7-26-11)20-17-18-9-15(22(24)25)16(21-17)19-13-4-2-12(10-23)3-5-13/h9,11-14,23H,2-8,10H2,1H3,(H2,18,19,20,21)/t11-,12?,13?,14-/m1/s1. The number of ether oxygens (including phenoxy) is 1. The predicted molar refractivity (Wildman–Crippen MR) is 97.2 cm³/mol. The number of nitrogens with one attached hydrogen (secondary N) is 2. The lowest BCUT2D eigenvalue weighted by atomic mass is 9.86. The Kier molecular flexibility index (Phi) is 6.20. The molecule has 1 aromatic rings. The maximum atomic E-state index is 11.3. The maximum Gasteiger partial charge on any atom is 0.329 e. The molecular formula is C17H27N5O4. The minimum atomic E-state index is -0.456. The molecule has 0 unspecified atom stereocenters. The topological polar surface area (TPSA) is 122 Å². The van der Waals surface area contributed by atoms with E-state index in [0.29, 0.717) is 18.5 Å². The van der Waals surface area contributed by atoms with Crippen LogP contribution in [0.15, 0.2) is 6.20 Å². The molecule has 1 aliphatic heterocycles. The monoisotopic (exact) mass is 365 g/mol.